The highest BCUT2D eigenvalue weighted by Gasteiger charge is 2.34. The molecule has 1 aromatic carbocycles. The van der Waals surface area contributed by atoms with Gasteiger partial charge >= 0.3 is 0 Å². The first-order valence-corrected chi connectivity index (χ1v) is 8.21. The van der Waals surface area contributed by atoms with E-state index in [9.17, 15) is 4.79 Å². The highest BCUT2D eigenvalue weighted by atomic mass is 16.5. The first-order valence-electron chi connectivity index (χ1n) is 8.21. The Hall–Kier alpha value is -1.19. The summed E-state index contributed by atoms with van der Waals surface area (Å²) < 4.78 is 5.54. The van der Waals surface area contributed by atoms with Crippen molar-refractivity contribution in [2.24, 2.45) is 5.92 Å². The number of fused-ring (bicyclic) bond motifs is 2. The van der Waals surface area contributed by atoms with Crippen molar-refractivity contribution in [3.8, 4) is 0 Å². The first-order chi connectivity index (χ1) is 10.3. The van der Waals surface area contributed by atoms with Gasteiger partial charge in [0.15, 0.2) is 0 Å². The van der Waals surface area contributed by atoms with Gasteiger partial charge in [-0.15, -0.1) is 0 Å². The lowest BCUT2D eigenvalue weighted by Crippen LogP contribution is -2.55. The molecular formula is C18H25NO2. The molecule has 3 nitrogen and oxygen atoms in total. The van der Waals surface area contributed by atoms with Crippen LogP contribution in [0.4, 0.5) is 0 Å². The fourth-order valence-corrected chi connectivity index (χ4v) is 3.58. The van der Waals surface area contributed by atoms with E-state index < -0.39 is 0 Å². The summed E-state index contributed by atoms with van der Waals surface area (Å²) in [5.74, 6) is 0.739. The third-order valence-corrected chi connectivity index (χ3v) is 4.68. The van der Waals surface area contributed by atoms with Crippen molar-refractivity contribution in [3.05, 3.63) is 35.9 Å². The number of hydrogen-bond acceptors (Lipinski definition) is 3. The fraction of sp³-hybridized carbons (Fsp3) is 0.611. The Morgan fingerprint density at radius 2 is 1.81 bits per heavy atom. The van der Waals surface area contributed by atoms with Crippen LogP contribution in [0.15, 0.2) is 30.3 Å². The molecule has 114 valence electrons. The zero-order chi connectivity index (χ0) is 14.5. The molecular weight excluding hydrogens is 262 g/mol. The molecule has 2 unspecified atom stereocenters. The van der Waals surface area contributed by atoms with Crippen molar-refractivity contribution < 1.29 is 9.53 Å². The number of aryl methyl sites for hydroxylation is 1. The average molecular weight is 287 g/mol. The van der Waals surface area contributed by atoms with Crippen LogP contribution < -0.4 is 5.32 Å². The molecule has 1 aromatic rings. The lowest BCUT2D eigenvalue weighted by molar-refractivity contribution is -0.126. The predicted octanol–water partition coefficient (Wildman–Crippen LogP) is 2.74. The number of hydrogen-bond donors (Lipinski definition) is 1. The quantitative estimate of drug-likeness (QED) is 0.818. The molecule has 2 atom stereocenters. The van der Waals surface area contributed by atoms with Crippen LogP contribution in [0, 0.1) is 5.92 Å². The van der Waals surface area contributed by atoms with Crippen molar-refractivity contribution in [1.29, 1.82) is 0 Å². The Morgan fingerprint density at radius 3 is 2.52 bits per heavy atom. The number of piperidine rings is 1. The van der Waals surface area contributed by atoms with Gasteiger partial charge in [0, 0.05) is 24.4 Å². The molecule has 21 heavy (non-hydrogen) atoms. The van der Waals surface area contributed by atoms with Gasteiger partial charge in [0.1, 0.15) is 5.78 Å². The smallest absolute Gasteiger partial charge is 0.136 e. The van der Waals surface area contributed by atoms with Gasteiger partial charge in [0.25, 0.3) is 0 Å². The summed E-state index contributed by atoms with van der Waals surface area (Å²) in [6.07, 6.45) is 5.89. The third kappa shape index (κ3) is 4.14. The number of carbonyl (C=O) groups excluding carboxylic acids is 1. The van der Waals surface area contributed by atoms with Gasteiger partial charge in [-0.2, -0.15) is 0 Å². The molecule has 2 saturated heterocycles. The highest BCUT2D eigenvalue weighted by molar-refractivity contribution is 5.81. The minimum Gasteiger partial charge on any atom is -0.378 e. The second-order valence-electron chi connectivity index (χ2n) is 6.43. The summed E-state index contributed by atoms with van der Waals surface area (Å²) >= 11 is 0. The van der Waals surface area contributed by atoms with Crippen LogP contribution in [0.3, 0.4) is 0 Å². The normalized spacial score (nSPS) is 28.3. The van der Waals surface area contributed by atoms with Crippen molar-refractivity contribution >= 4 is 5.78 Å². The monoisotopic (exact) mass is 287 g/mol. The maximum Gasteiger partial charge on any atom is 0.136 e. The summed E-state index contributed by atoms with van der Waals surface area (Å²) in [5.41, 5.74) is 1.37. The number of benzene rings is 1. The number of Topliss-reactive ketones (excluding diaryl/α,β-unsaturated/α-hetero) is 1. The lowest BCUT2D eigenvalue weighted by atomic mass is 9.83. The van der Waals surface area contributed by atoms with E-state index in [2.05, 4.69) is 29.6 Å². The summed E-state index contributed by atoms with van der Waals surface area (Å²) in [6, 6.07) is 11.3. The SMILES string of the molecule is O=C(CCCCc1ccccc1)C1CC2COCC(C1)N2. The van der Waals surface area contributed by atoms with Crippen LogP contribution >= 0.6 is 0 Å². The van der Waals surface area contributed by atoms with Gasteiger partial charge in [-0.3, -0.25) is 4.79 Å². The third-order valence-electron chi connectivity index (χ3n) is 4.68. The predicted molar refractivity (Wildman–Crippen MR) is 83.3 cm³/mol. The molecule has 0 aliphatic carbocycles. The van der Waals surface area contributed by atoms with Crippen molar-refractivity contribution in [3.63, 3.8) is 0 Å². The van der Waals surface area contributed by atoms with E-state index in [0.29, 0.717) is 17.9 Å². The van der Waals surface area contributed by atoms with E-state index in [4.69, 9.17) is 4.74 Å². The molecule has 2 fully saturated rings. The summed E-state index contributed by atoms with van der Waals surface area (Å²) in [7, 11) is 0. The van der Waals surface area contributed by atoms with Gasteiger partial charge in [0.2, 0.25) is 0 Å². The lowest BCUT2D eigenvalue weighted by Gasteiger charge is -2.39. The van der Waals surface area contributed by atoms with Crippen LogP contribution in [-0.4, -0.2) is 31.1 Å². The zero-order valence-corrected chi connectivity index (χ0v) is 12.6. The fourth-order valence-electron chi connectivity index (χ4n) is 3.58. The van der Waals surface area contributed by atoms with Crippen LogP contribution in [0.5, 0.6) is 0 Å². The molecule has 2 heterocycles. The van der Waals surface area contributed by atoms with Crippen LogP contribution in [0.2, 0.25) is 0 Å². The number of ether oxygens (including phenoxy) is 1. The van der Waals surface area contributed by atoms with E-state index in [1.807, 2.05) is 6.07 Å². The van der Waals surface area contributed by atoms with E-state index in [1.54, 1.807) is 0 Å². The second-order valence-corrected chi connectivity index (χ2v) is 6.43. The van der Waals surface area contributed by atoms with E-state index in [-0.39, 0.29) is 5.92 Å². The van der Waals surface area contributed by atoms with E-state index in [1.165, 1.54) is 5.56 Å². The van der Waals surface area contributed by atoms with Crippen molar-refractivity contribution in [2.45, 2.75) is 50.6 Å². The van der Waals surface area contributed by atoms with Gasteiger partial charge in [-0.1, -0.05) is 30.3 Å². The number of unbranched alkanes of at least 4 members (excludes halogenated alkanes) is 1. The molecule has 1 N–H and O–H groups in total. The maximum absolute atomic E-state index is 12.4. The van der Waals surface area contributed by atoms with Crippen LogP contribution in [0.1, 0.15) is 37.7 Å². The summed E-state index contributed by atoms with van der Waals surface area (Å²) in [5, 5.41) is 3.55. The minimum absolute atomic E-state index is 0.266. The van der Waals surface area contributed by atoms with E-state index in [0.717, 1.165) is 51.7 Å². The molecule has 0 aromatic heterocycles. The number of carbonyl (C=O) groups is 1. The maximum atomic E-state index is 12.4. The van der Waals surface area contributed by atoms with Gasteiger partial charge in [-0.25, -0.2) is 0 Å². The topological polar surface area (TPSA) is 38.3 Å². The van der Waals surface area contributed by atoms with Crippen LogP contribution in [0.25, 0.3) is 0 Å². The zero-order valence-electron chi connectivity index (χ0n) is 12.6. The Bertz CT molecular complexity index is 448. The molecule has 2 bridgehead atoms. The molecule has 2 aliphatic rings. The Kier molecular flexibility index (Phi) is 5.04. The van der Waals surface area contributed by atoms with Crippen molar-refractivity contribution in [1.82, 2.24) is 5.32 Å². The highest BCUT2D eigenvalue weighted by Crippen LogP contribution is 2.26. The Balaban J connectivity index is 1.38. The Morgan fingerprint density at radius 1 is 1.10 bits per heavy atom. The molecule has 3 heteroatoms. The molecule has 3 rings (SSSR count). The largest absolute Gasteiger partial charge is 0.378 e. The van der Waals surface area contributed by atoms with Gasteiger partial charge in [-0.05, 0) is 37.7 Å². The molecule has 0 radical (unpaired) electrons. The first kappa shape index (κ1) is 14.7. The Labute approximate surface area is 127 Å². The number of morpholine rings is 1. The van der Waals surface area contributed by atoms with Crippen molar-refractivity contribution in [2.75, 3.05) is 13.2 Å². The summed E-state index contributed by atoms with van der Waals surface area (Å²) in [6.45, 7) is 1.54. The average Bonchev–Trinajstić information content (AvgIpc) is 2.52. The van der Waals surface area contributed by atoms with Gasteiger partial charge in [0.05, 0.1) is 13.2 Å². The van der Waals surface area contributed by atoms with E-state index >= 15 is 0 Å². The minimum atomic E-state index is 0.266. The second kappa shape index (κ2) is 7.19. The number of rotatable bonds is 6. The molecule has 0 saturated carbocycles. The van der Waals surface area contributed by atoms with Gasteiger partial charge < -0.3 is 10.1 Å². The molecule has 0 amide bonds. The molecule has 0 spiro atoms. The number of nitrogens with one attached hydrogen (secondary N) is 1. The standard InChI is InChI=1S/C18H25NO2/c20-18(9-5-4-8-14-6-2-1-3-7-14)15-10-16-12-21-13-17(11-15)19-16/h1-3,6-7,15-17,19H,4-5,8-13H2. The number of ketones is 1. The van der Waals surface area contributed by atoms with Crippen LogP contribution in [-0.2, 0) is 16.0 Å². The molecule has 2 aliphatic heterocycles. The summed E-state index contributed by atoms with van der Waals surface area (Å²) in [4.78, 5) is 12.4.